The van der Waals surface area contributed by atoms with Crippen molar-refractivity contribution < 1.29 is 9.53 Å². The number of carbonyl (C=O) groups excluding carboxylic acids is 1. The second-order valence-corrected chi connectivity index (χ2v) is 6.89. The van der Waals surface area contributed by atoms with Crippen LogP contribution >= 0.6 is 0 Å². The molecule has 0 saturated carbocycles. The van der Waals surface area contributed by atoms with Crippen LogP contribution in [-0.2, 0) is 6.54 Å². The third kappa shape index (κ3) is 5.36. The quantitative estimate of drug-likeness (QED) is 0.811. The SMILES string of the molecule is COc1ccc2cc(CNC(=O)NCC(C(C)C)N(C)C)ccc2c1. The number of rotatable bonds is 7. The van der Waals surface area contributed by atoms with Crippen LogP contribution in [0.5, 0.6) is 5.75 Å². The summed E-state index contributed by atoms with van der Waals surface area (Å²) in [6.45, 7) is 5.46. The molecule has 0 aromatic heterocycles. The van der Waals surface area contributed by atoms with Gasteiger partial charge in [0.25, 0.3) is 0 Å². The largest absolute Gasteiger partial charge is 0.497 e. The Kier molecular flexibility index (Phi) is 6.65. The van der Waals surface area contributed by atoms with E-state index in [0.29, 0.717) is 25.0 Å². The number of fused-ring (bicyclic) bond motifs is 1. The number of likely N-dealkylation sites (N-methyl/N-ethyl adjacent to an activating group) is 1. The standard InChI is InChI=1S/C20H29N3O2/c1-14(2)19(23(3)4)13-22-20(24)21-12-15-6-7-17-11-18(25-5)9-8-16(17)10-15/h6-11,14,19H,12-13H2,1-5H3,(H2,21,22,24). The normalized spacial score (nSPS) is 12.4. The second-order valence-electron chi connectivity index (χ2n) is 6.89. The minimum Gasteiger partial charge on any atom is -0.497 e. The van der Waals surface area contributed by atoms with Crippen LogP contribution in [0.3, 0.4) is 0 Å². The second kappa shape index (κ2) is 8.72. The van der Waals surface area contributed by atoms with Crippen molar-refractivity contribution in [2.45, 2.75) is 26.4 Å². The van der Waals surface area contributed by atoms with Crippen molar-refractivity contribution in [2.24, 2.45) is 5.92 Å². The van der Waals surface area contributed by atoms with Crippen molar-refractivity contribution >= 4 is 16.8 Å². The van der Waals surface area contributed by atoms with E-state index in [-0.39, 0.29) is 6.03 Å². The Balaban J connectivity index is 1.90. The zero-order chi connectivity index (χ0) is 18.4. The van der Waals surface area contributed by atoms with Gasteiger partial charge in [-0.1, -0.05) is 32.0 Å². The fourth-order valence-electron chi connectivity index (χ4n) is 2.97. The average Bonchev–Trinajstić information content (AvgIpc) is 2.58. The molecule has 0 aliphatic carbocycles. The van der Waals surface area contributed by atoms with E-state index < -0.39 is 0 Å². The lowest BCUT2D eigenvalue weighted by Gasteiger charge is -2.28. The summed E-state index contributed by atoms with van der Waals surface area (Å²) in [4.78, 5) is 14.2. The number of hydrogen-bond acceptors (Lipinski definition) is 3. The molecule has 0 radical (unpaired) electrons. The summed E-state index contributed by atoms with van der Waals surface area (Å²) >= 11 is 0. The molecule has 2 aromatic carbocycles. The Bertz CT molecular complexity index is 705. The van der Waals surface area contributed by atoms with E-state index in [9.17, 15) is 4.79 Å². The van der Waals surface area contributed by atoms with Crippen molar-refractivity contribution in [3.63, 3.8) is 0 Å². The molecule has 5 heteroatoms. The van der Waals surface area contributed by atoms with Gasteiger partial charge in [-0.05, 0) is 54.5 Å². The van der Waals surface area contributed by atoms with Gasteiger partial charge in [0.05, 0.1) is 7.11 Å². The van der Waals surface area contributed by atoms with E-state index in [1.807, 2.05) is 44.4 Å². The molecule has 0 spiro atoms. The van der Waals surface area contributed by atoms with Crippen LogP contribution in [-0.4, -0.2) is 44.7 Å². The number of amides is 2. The van der Waals surface area contributed by atoms with E-state index in [1.165, 1.54) is 0 Å². The summed E-state index contributed by atoms with van der Waals surface area (Å²) in [5.74, 6) is 1.33. The molecule has 0 aliphatic heterocycles. The fourth-order valence-corrected chi connectivity index (χ4v) is 2.97. The molecule has 2 aromatic rings. The predicted molar refractivity (Wildman–Crippen MR) is 103 cm³/mol. The van der Waals surface area contributed by atoms with Crippen LogP contribution in [0.1, 0.15) is 19.4 Å². The van der Waals surface area contributed by atoms with Crippen LogP contribution in [0, 0.1) is 5.92 Å². The van der Waals surface area contributed by atoms with Gasteiger partial charge in [-0.15, -0.1) is 0 Å². The summed E-state index contributed by atoms with van der Waals surface area (Å²) in [5, 5.41) is 8.14. The van der Waals surface area contributed by atoms with Crippen LogP contribution in [0.2, 0.25) is 0 Å². The van der Waals surface area contributed by atoms with E-state index in [0.717, 1.165) is 22.1 Å². The molecule has 5 nitrogen and oxygen atoms in total. The van der Waals surface area contributed by atoms with Crippen LogP contribution < -0.4 is 15.4 Å². The number of methoxy groups -OCH3 is 1. The summed E-state index contributed by atoms with van der Waals surface area (Å²) < 4.78 is 5.24. The lowest BCUT2D eigenvalue weighted by Crippen LogP contribution is -2.46. The molecule has 2 N–H and O–H groups in total. The molecule has 0 saturated heterocycles. The number of nitrogens with one attached hydrogen (secondary N) is 2. The average molecular weight is 343 g/mol. The molecular weight excluding hydrogens is 314 g/mol. The van der Waals surface area contributed by atoms with E-state index in [2.05, 4.69) is 35.4 Å². The number of nitrogens with zero attached hydrogens (tertiary/aromatic N) is 1. The van der Waals surface area contributed by atoms with Crippen LogP contribution in [0.25, 0.3) is 10.8 Å². The van der Waals surface area contributed by atoms with Crippen molar-refractivity contribution in [2.75, 3.05) is 27.7 Å². The topological polar surface area (TPSA) is 53.6 Å². The molecule has 0 fully saturated rings. The van der Waals surface area contributed by atoms with Gasteiger partial charge in [0.1, 0.15) is 5.75 Å². The van der Waals surface area contributed by atoms with E-state index in [4.69, 9.17) is 4.74 Å². The zero-order valence-electron chi connectivity index (χ0n) is 15.8. The molecule has 1 unspecified atom stereocenters. The highest BCUT2D eigenvalue weighted by atomic mass is 16.5. The van der Waals surface area contributed by atoms with E-state index in [1.54, 1.807) is 7.11 Å². The maximum absolute atomic E-state index is 12.1. The zero-order valence-corrected chi connectivity index (χ0v) is 15.8. The summed E-state index contributed by atoms with van der Waals surface area (Å²) in [6.07, 6.45) is 0. The third-order valence-electron chi connectivity index (χ3n) is 4.47. The van der Waals surface area contributed by atoms with Gasteiger partial charge in [0, 0.05) is 19.1 Å². The van der Waals surface area contributed by atoms with Crippen molar-refractivity contribution in [1.82, 2.24) is 15.5 Å². The molecular formula is C20H29N3O2. The van der Waals surface area contributed by atoms with Gasteiger partial charge >= 0.3 is 6.03 Å². The van der Waals surface area contributed by atoms with Crippen molar-refractivity contribution in [3.05, 3.63) is 42.0 Å². The van der Waals surface area contributed by atoms with Gasteiger partial charge in [0.2, 0.25) is 0 Å². The number of hydrogen-bond donors (Lipinski definition) is 2. The highest BCUT2D eigenvalue weighted by molar-refractivity contribution is 5.84. The molecule has 0 bridgehead atoms. The van der Waals surface area contributed by atoms with Gasteiger partial charge in [-0.2, -0.15) is 0 Å². The molecule has 25 heavy (non-hydrogen) atoms. The van der Waals surface area contributed by atoms with Gasteiger partial charge < -0.3 is 20.3 Å². The van der Waals surface area contributed by atoms with Crippen molar-refractivity contribution in [3.8, 4) is 5.75 Å². The number of benzene rings is 2. The molecule has 0 heterocycles. The smallest absolute Gasteiger partial charge is 0.315 e. The monoisotopic (exact) mass is 343 g/mol. The van der Waals surface area contributed by atoms with Gasteiger partial charge in [-0.3, -0.25) is 0 Å². The maximum atomic E-state index is 12.1. The molecule has 136 valence electrons. The summed E-state index contributed by atoms with van der Waals surface area (Å²) in [7, 11) is 5.74. The van der Waals surface area contributed by atoms with Crippen molar-refractivity contribution in [1.29, 1.82) is 0 Å². The summed E-state index contributed by atoms with van der Waals surface area (Å²) in [6, 6.07) is 12.3. The highest BCUT2D eigenvalue weighted by Crippen LogP contribution is 2.21. The Hall–Kier alpha value is -2.27. The lowest BCUT2D eigenvalue weighted by molar-refractivity contribution is 0.212. The Morgan fingerprint density at radius 2 is 1.76 bits per heavy atom. The maximum Gasteiger partial charge on any atom is 0.315 e. The van der Waals surface area contributed by atoms with Crippen LogP contribution in [0.15, 0.2) is 36.4 Å². The molecule has 2 rings (SSSR count). The van der Waals surface area contributed by atoms with Gasteiger partial charge in [-0.25, -0.2) is 4.79 Å². The first-order valence-electron chi connectivity index (χ1n) is 8.65. The first-order chi connectivity index (χ1) is 11.9. The number of ether oxygens (including phenoxy) is 1. The molecule has 1 atom stereocenters. The minimum absolute atomic E-state index is 0.137. The molecule has 2 amide bonds. The molecule has 0 aliphatic rings. The first-order valence-corrected chi connectivity index (χ1v) is 8.65. The number of carbonyl (C=O) groups is 1. The Morgan fingerprint density at radius 3 is 2.40 bits per heavy atom. The number of urea groups is 1. The van der Waals surface area contributed by atoms with Crippen LogP contribution in [0.4, 0.5) is 4.79 Å². The van der Waals surface area contributed by atoms with Gasteiger partial charge in [0.15, 0.2) is 0 Å². The first kappa shape index (κ1) is 19.1. The fraction of sp³-hybridized carbons (Fsp3) is 0.450. The van der Waals surface area contributed by atoms with E-state index >= 15 is 0 Å². The lowest BCUT2D eigenvalue weighted by atomic mass is 10.0. The highest BCUT2D eigenvalue weighted by Gasteiger charge is 2.16. The Labute approximate surface area is 150 Å². The minimum atomic E-state index is -0.137. The summed E-state index contributed by atoms with van der Waals surface area (Å²) in [5.41, 5.74) is 1.07. The Morgan fingerprint density at radius 1 is 1.08 bits per heavy atom. The predicted octanol–water partition coefficient (Wildman–Crippen LogP) is 3.23. The third-order valence-corrected chi connectivity index (χ3v) is 4.47.